The van der Waals surface area contributed by atoms with E-state index in [2.05, 4.69) is 45.1 Å². The summed E-state index contributed by atoms with van der Waals surface area (Å²) in [6.45, 7) is 4.27. The molecule has 140 valence electrons. The van der Waals surface area contributed by atoms with Crippen molar-refractivity contribution in [2.24, 2.45) is 12.8 Å². The average Bonchev–Trinajstić information content (AvgIpc) is 3.06. The Morgan fingerprint density at radius 1 is 1.07 bits per heavy atom. The summed E-state index contributed by atoms with van der Waals surface area (Å²) in [5.41, 5.74) is 9.27. The molecule has 27 heavy (non-hydrogen) atoms. The van der Waals surface area contributed by atoms with Gasteiger partial charge in [0.2, 0.25) is 5.91 Å². The first kappa shape index (κ1) is 19.2. The summed E-state index contributed by atoms with van der Waals surface area (Å²) in [7, 11) is 1.79. The van der Waals surface area contributed by atoms with Crippen LogP contribution in [0.25, 0.3) is 0 Å². The fourth-order valence-corrected chi connectivity index (χ4v) is 3.42. The van der Waals surface area contributed by atoms with Crippen LogP contribution in [0, 0.1) is 0 Å². The van der Waals surface area contributed by atoms with E-state index in [1.807, 2.05) is 36.4 Å². The van der Waals surface area contributed by atoms with Crippen molar-refractivity contribution in [3.05, 3.63) is 75.8 Å². The average molecular weight is 428 g/mol. The van der Waals surface area contributed by atoms with Crippen molar-refractivity contribution in [3.8, 4) is 0 Å². The predicted octanol–water partition coefficient (Wildman–Crippen LogP) is 3.50. The molecule has 0 fully saturated rings. The molecule has 1 aromatic carbocycles. The van der Waals surface area contributed by atoms with Gasteiger partial charge in [0.15, 0.2) is 0 Å². The fraction of sp³-hybridized carbons (Fsp3) is 0.300. The van der Waals surface area contributed by atoms with Crippen molar-refractivity contribution in [1.29, 1.82) is 0 Å². The van der Waals surface area contributed by atoms with Crippen LogP contribution in [0.4, 0.5) is 0 Å². The molecule has 0 saturated carbocycles. The highest BCUT2D eigenvalue weighted by Gasteiger charge is 2.34. The van der Waals surface area contributed by atoms with Gasteiger partial charge in [-0.25, -0.2) is 0 Å². The van der Waals surface area contributed by atoms with Crippen LogP contribution < -0.4 is 5.73 Å². The Hall–Kier alpha value is -2.54. The van der Waals surface area contributed by atoms with Crippen LogP contribution in [0.1, 0.15) is 54.1 Å². The van der Waals surface area contributed by atoms with Gasteiger partial charge < -0.3 is 5.73 Å². The number of aromatic nitrogens is 4. The molecular weight excluding hydrogens is 406 g/mol. The molecule has 0 saturated heterocycles. The van der Waals surface area contributed by atoms with Gasteiger partial charge in [-0.3, -0.25) is 14.5 Å². The van der Waals surface area contributed by atoms with Crippen molar-refractivity contribution < 1.29 is 4.79 Å². The minimum Gasteiger partial charge on any atom is -0.369 e. The number of carbonyl (C=O) groups is 1. The number of aryl methyl sites for hydroxylation is 1. The number of hydrogen-bond acceptors (Lipinski definition) is 4. The summed E-state index contributed by atoms with van der Waals surface area (Å²) in [5.74, 6) is -1.03. The standard InChI is InChI=1S/C20H22BrN5O/c1-12(2)13-4-6-14(7-5-13)18(20(22)27)19(17-11-26(3)25-24-17)16-9-8-15(21)10-23-16/h4-12,18-19H,1-3H3,(H2,22,27)/t18?,19-/m1/s1. The summed E-state index contributed by atoms with van der Waals surface area (Å²) in [4.78, 5) is 17.0. The highest BCUT2D eigenvalue weighted by Crippen LogP contribution is 2.37. The number of pyridine rings is 1. The monoisotopic (exact) mass is 427 g/mol. The number of hydrogen-bond donors (Lipinski definition) is 1. The van der Waals surface area contributed by atoms with Gasteiger partial charge in [-0.2, -0.15) is 0 Å². The highest BCUT2D eigenvalue weighted by molar-refractivity contribution is 9.10. The van der Waals surface area contributed by atoms with Gasteiger partial charge in [0.05, 0.1) is 23.2 Å². The molecule has 0 bridgehead atoms. The molecule has 2 aromatic heterocycles. The molecule has 2 heterocycles. The number of carbonyl (C=O) groups excluding carboxylic acids is 1. The summed E-state index contributed by atoms with van der Waals surface area (Å²) in [5, 5.41) is 8.27. The molecule has 2 atom stereocenters. The van der Waals surface area contributed by atoms with Crippen LogP contribution in [0.3, 0.4) is 0 Å². The normalized spacial score (nSPS) is 13.5. The van der Waals surface area contributed by atoms with E-state index >= 15 is 0 Å². The van der Waals surface area contributed by atoms with E-state index < -0.39 is 17.7 Å². The highest BCUT2D eigenvalue weighted by atomic mass is 79.9. The van der Waals surface area contributed by atoms with E-state index in [4.69, 9.17) is 5.73 Å². The quantitative estimate of drug-likeness (QED) is 0.651. The lowest BCUT2D eigenvalue weighted by Gasteiger charge is -2.23. The summed E-state index contributed by atoms with van der Waals surface area (Å²) < 4.78 is 2.47. The van der Waals surface area contributed by atoms with Crippen molar-refractivity contribution >= 4 is 21.8 Å². The van der Waals surface area contributed by atoms with E-state index in [1.165, 1.54) is 5.56 Å². The molecule has 1 unspecified atom stereocenters. The van der Waals surface area contributed by atoms with Gasteiger partial charge >= 0.3 is 0 Å². The third-order valence-corrected chi connectivity index (χ3v) is 5.08. The number of benzene rings is 1. The third kappa shape index (κ3) is 4.24. The Bertz CT molecular complexity index is 918. The van der Waals surface area contributed by atoms with Gasteiger partial charge in [-0.15, -0.1) is 5.10 Å². The predicted molar refractivity (Wildman–Crippen MR) is 107 cm³/mol. The number of rotatable bonds is 6. The Morgan fingerprint density at radius 3 is 2.22 bits per heavy atom. The molecule has 3 rings (SSSR count). The number of halogens is 1. The SMILES string of the molecule is CC(C)c1ccc(C(C(N)=O)[C@H](c2ccc(Br)cn2)c2cn(C)nn2)cc1. The fourth-order valence-electron chi connectivity index (χ4n) is 3.18. The van der Waals surface area contributed by atoms with Crippen LogP contribution in [0.15, 0.2) is 53.3 Å². The molecule has 0 spiro atoms. The van der Waals surface area contributed by atoms with Gasteiger partial charge in [0.25, 0.3) is 0 Å². The Kier molecular flexibility index (Phi) is 5.70. The third-order valence-electron chi connectivity index (χ3n) is 4.61. The second kappa shape index (κ2) is 8.00. The lowest BCUT2D eigenvalue weighted by atomic mass is 9.80. The second-order valence-corrected chi connectivity index (χ2v) is 7.81. The van der Waals surface area contributed by atoms with E-state index in [9.17, 15) is 4.79 Å². The molecule has 6 nitrogen and oxygen atoms in total. The van der Waals surface area contributed by atoms with Crippen molar-refractivity contribution in [2.45, 2.75) is 31.6 Å². The zero-order valence-electron chi connectivity index (χ0n) is 15.5. The van der Waals surface area contributed by atoms with Gasteiger partial charge in [-0.05, 0) is 45.1 Å². The first-order valence-corrected chi connectivity index (χ1v) is 9.53. The maximum absolute atomic E-state index is 12.5. The summed E-state index contributed by atoms with van der Waals surface area (Å²) in [6, 6.07) is 11.8. The number of amides is 1. The molecular formula is C20H22BrN5O. The van der Waals surface area contributed by atoms with Gasteiger partial charge in [0.1, 0.15) is 0 Å². The van der Waals surface area contributed by atoms with Gasteiger partial charge in [-0.1, -0.05) is 43.3 Å². The zero-order valence-corrected chi connectivity index (χ0v) is 17.1. The molecule has 0 aliphatic carbocycles. The maximum Gasteiger partial charge on any atom is 0.226 e. The van der Waals surface area contributed by atoms with Crippen molar-refractivity contribution in [1.82, 2.24) is 20.0 Å². The molecule has 3 aromatic rings. The largest absolute Gasteiger partial charge is 0.369 e. The number of nitrogens with zero attached hydrogens (tertiary/aromatic N) is 4. The first-order chi connectivity index (χ1) is 12.9. The van der Waals surface area contributed by atoms with Crippen molar-refractivity contribution in [3.63, 3.8) is 0 Å². The molecule has 0 aliphatic heterocycles. The Labute approximate surface area is 166 Å². The van der Waals surface area contributed by atoms with Crippen molar-refractivity contribution in [2.75, 3.05) is 0 Å². The van der Waals surface area contributed by atoms with Gasteiger partial charge in [0, 0.05) is 23.9 Å². The molecule has 1 amide bonds. The summed E-state index contributed by atoms with van der Waals surface area (Å²) >= 11 is 3.40. The maximum atomic E-state index is 12.5. The Balaban J connectivity index is 2.11. The first-order valence-electron chi connectivity index (χ1n) is 8.73. The Morgan fingerprint density at radius 2 is 1.74 bits per heavy atom. The van der Waals surface area contributed by atoms with E-state index in [0.29, 0.717) is 11.6 Å². The smallest absolute Gasteiger partial charge is 0.226 e. The van der Waals surface area contributed by atoms with Crippen LogP contribution in [0.5, 0.6) is 0 Å². The summed E-state index contributed by atoms with van der Waals surface area (Å²) in [6.07, 6.45) is 3.51. The van der Waals surface area contributed by atoms with E-state index in [0.717, 1.165) is 15.7 Å². The lowest BCUT2D eigenvalue weighted by molar-refractivity contribution is -0.119. The lowest BCUT2D eigenvalue weighted by Crippen LogP contribution is -2.28. The number of nitrogens with two attached hydrogens (primary N) is 1. The van der Waals surface area contributed by atoms with Crippen LogP contribution in [0.2, 0.25) is 0 Å². The minimum absolute atomic E-state index is 0.412. The zero-order chi connectivity index (χ0) is 19.6. The van der Waals surface area contributed by atoms with Crippen LogP contribution >= 0.6 is 15.9 Å². The second-order valence-electron chi connectivity index (χ2n) is 6.90. The van der Waals surface area contributed by atoms with Crippen LogP contribution in [-0.2, 0) is 11.8 Å². The molecule has 0 radical (unpaired) electrons. The number of primary amides is 1. The van der Waals surface area contributed by atoms with Crippen LogP contribution in [-0.4, -0.2) is 25.9 Å². The topological polar surface area (TPSA) is 86.7 Å². The van der Waals surface area contributed by atoms with E-state index in [1.54, 1.807) is 24.1 Å². The molecule has 0 aliphatic rings. The minimum atomic E-state index is -0.600. The molecule has 7 heteroatoms. The van der Waals surface area contributed by atoms with E-state index in [-0.39, 0.29) is 0 Å². The molecule has 2 N–H and O–H groups in total.